The number of nitrogens with one attached hydrogen (secondary N) is 3. The number of halogens is 5. The molecule has 0 aromatic heterocycles. The molecule has 0 aliphatic heterocycles. The maximum absolute atomic E-state index is 12.5. The Morgan fingerprint density at radius 3 is 2.41 bits per heavy atom. The minimum Gasteiger partial charge on any atom is -0.339 e. The van der Waals surface area contributed by atoms with Crippen molar-refractivity contribution < 1.29 is 9.72 Å². The van der Waals surface area contributed by atoms with Crippen LogP contribution in [0.3, 0.4) is 0 Å². The monoisotopic (exact) mass is 558 g/mol. The number of nitro groups is 1. The van der Waals surface area contributed by atoms with Crippen LogP contribution in [0, 0.1) is 10.1 Å². The number of non-ortho nitro benzene ring substituents is 1. The number of nitro benzene ring substituents is 1. The highest BCUT2D eigenvalue weighted by Gasteiger charge is 2.35. The lowest BCUT2D eigenvalue weighted by molar-refractivity contribution is -0.384. The van der Waals surface area contributed by atoms with Crippen molar-refractivity contribution in [2.75, 3.05) is 5.32 Å². The van der Waals surface area contributed by atoms with Gasteiger partial charge in [-0.15, -0.1) is 0 Å². The summed E-state index contributed by atoms with van der Waals surface area (Å²) in [4.78, 5) is 22.7. The number of carbonyl (C=O) groups is 1. The highest BCUT2D eigenvalue weighted by molar-refractivity contribution is 9.10. The summed E-state index contributed by atoms with van der Waals surface area (Å²) in [5.74, 6) is -0.508. The number of hydrogen-bond acceptors (Lipinski definition) is 4. The number of anilines is 1. The Bertz CT molecular complexity index is 958. The summed E-state index contributed by atoms with van der Waals surface area (Å²) in [6.45, 7) is 0. The van der Waals surface area contributed by atoms with Gasteiger partial charge in [-0.1, -0.05) is 68.4 Å². The van der Waals surface area contributed by atoms with Gasteiger partial charge in [-0.3, -0.25) is 14.9 Å². The number of alkyl halides is 3. The number of amides is 1. The van der Waals surface area contributed by atoms with Crippen LogP contribution >= 0.6 is 74.6 Å². The molecular formula is C16H11BrCl4N4O3S. The van der Waals surface area contributed by atoms with E-state index in [0.717, 1.165) is 6.07 Å². The Balaban J connectivity index is 2.11. The molecule has 0 bridgehead atoms. The third-order valence-corrected chi connectivity index (χ3v) is 5.06. The van der Waals surface area contributed by atoms with Crippen LogP contribution in [0.4, 0.5) is 11.4 Å². The molecular weight excluding hydrogens is 550 g/mol. The van der Waals surface area contributed by atoms with E-state index < -0.39 is 20.8 Å². The molecule has 29 heavy (non-hydrogen) atoms. The standard InChI is InChI=1S/C16H11BrCl4N4O3S/c17-9-3-1-2-8(6-9)13(26)23-14(16(19,20)21)24-15(29)22-12-5-4-10(25(27)28)7-11(12)18/h1-7,14H,(H,23,26)(H2,22,24,29)/t14-/m0/s1. The van der Waals surface area contributed by atoms with Crippen molar-refractivity contribution in [2.45, 2.75) is 9.96 Å². The van der Waals surface area contributed by atoms with E-state index in [1.165, 1.54) is 12.1 Å². The van der Waals surface area contributed by atoms with Crippen molar-refractivity contribution in [1.82, 2.24) is 10.6 Å². The van der Waals surface area contributed by atoms with Gasteiger partial charge in [0.15, 0.2) is 5.11 Å². The summed E-state index contributed by atoms with van der Waals surface area (Å²) in [6.07, 6.45) is -1.20. The fourth-order valence-corrected chi connectivity index (χ4v) is 3.23. The summed E-state index contributed by atoms with van der Waals surface area (Å²) < 4.78 is -1.25. The largest absolute Gasteiger partial charge is 0.339 e. The molecule has 0 heterocycles. The SMILES string of the molecule is O=C(N[C@@H](NC(=S)Nc1ccc([N+](=O)[O-])cc1Cl)C(Cl)(Cl)Cl)c1cccc(Br)c1. The average Bonchev–Trinajstić information content (AvgIpc) is 2.61. The molecule has 154 valence electrons. The molecule has 13 heteroatoms. The van der Waals surface area contributed by atoms with Crippen molar-refractivity contribution in [1.29, 1.82) is 0 Å². The van der Waals surface area contributed by atoms with E-state index in [1.807, 2.05) is 0 Å². The second-order valence-electron chi connectivity index (χ2n) is 5.48. The van der Waals surface area contributed by atoms with Crippen LogP contribution in [0.25, 0.3) is 0 Å². The fourth-order valence-electron chi connectivity index (χ4n) is 2.05. The van der Waals surface area contributed by atoms with Crippen molar-refractivity contribution in [3.05, 3.63) is 67.6 Å². The van der Waals surface area contributed by atoms with Crippen LogP contribution in [0.5, 0.6) is 0 Å². The zero-order chi connectivity index (χ0) is 21.8. The van der Waals surface area contributed by atoms with Crippen LogP contribution in [-0.2, 0) is 0 Å². The summed E-state index contributed by atoms with van der Waals surface area (Å²) in [7, 11) is 0. The number of nitrogens with zero attached hydrogens (tertiary/aromatic N) is 1. The average molecular weight is 561 g/mol. The summed E-state index contributed by atoms with van der Waals surface area (Å²) in [5, 5.41) is 18.8. The van der Waals surface area contributed by atoms with Gasteiger partial charge in [0.2, 0.25) is 3.79 Å². The van der Waals surface area contributed by atoms with Gasteiger partial charge in [-0.05, 0) is 36.5 Å². The maximum Gasteiger partial charge on any atom is 0.271 e. The minimum atomic E-state index is -1.95. The lowest BCUT2D eigenvalue weighted by Crippen LogP contribution is -2.56. The topological polar surface area (TPSA) is 96.3 Å². The molecule has 0 saturated carbocycles. The fraction of sp³-hybridized carbons (Fsp3) is 0.125. The second-order valence-corrected chi connectivity index (χ2v) is 9.58. The zero-order valence-corrected chi connectivity index (χ0v) is 19.5. The molecule has 0 fully saturated rings. The maximum atomic E-state index is 12.5. The molecule has 0 unspecified atom stereocenters. The Hall–Kier alpha value is -1.36. The number of benzene rings is 2. The van der Waals surface area contributed by atoms with Crippen LogP contribution < -0.4 is 16.0 Å². The number of hydrogen-bond donors (Lipinski definition) is 3. The van der Waals surface area contributed by atoms with Crippen molar-refractivity contribution in [2.24, 2.45) is 0 Å². The van der Waals surface area contributed by atoms with Crippen LogP contribution in [-0.4, -0.2) is 25.9 Å². The number of carbonyl (C=O) groups excluding carboxylic acids is 1. The van der Waals surface area contributed by atoms with E-state index in [4.69, 9.17) is 58.6 Å². The minimum absolute atomic E-state index is 0.0355. The first kappa shape index (κ1) is 23.9. The van der Waals surface area contributed by atoms with E-state index >= 15 is 0 Å². The lowest BCUT2D eigenvalue weighted by atomic mass is 10.2. The van der Waals surface area contributed by atoms with E-state index in [9.17, 15) is 14.9 Å². The van der Waals surface area contributed by atoms with Gasteiger partial charge < -0.3 is 16.0 Å². The smallest absolute Gasteiger partial charge is 0.271 e. The Labute approximate surface area is 199 Å². The van der Waals surface area contributed by atoms with Crippen molar-refractivity contribution >= 4 is 96.9 Å². The molecule has 1 amide bonds. The van der Waals surface area contributed by atoms with Gasteiger partial charge in [0, 0.05) is 22.2 Å². The Kier molecular flexibility index (Phi) is 8.33. The molecule has 7 nitrogen and oxygen atoms in total. The van der Waals surface area contributed by atoms with Crippen molar-refractivity contribution in [3.8, 4) is 0 Å². The molecule has 2 rings (SSSR count). The van der Waals surface area contributed by atoms with Gasteiger partial charge in [0.1, 0.15) is 6.17 Å². The van der Waals surface area contributed by atoms with E-state index in [2.05, 4.69) is 31.9 Å². The first-order valence-electron chi connectivity index (χ1n) is 7.62. The van der Waals surface area contributed by atoms with E-state index in [-0.39, 0.29) is 21.5 Å². The van der Waals surface area contributed by atoms with Gasteiger partial charge in [0.25, 0.3) is 11.6 Å². The molecule has 0 aliphatic carbocycles. The highest BCUT2D eigenvalue weighted by Crippen LogP contribution is 2.30. The molecule has 2 aromatic carbocycles. The lowest BCUT2D eigenvalue weighted by Gasteiger charge is -2.28. The van der Waals surface area contributed by atoms with Crippen LogP contribution in [0.2, 0.25) is 5.02 Å². The summed E-state index contributed by atoms with van der Waals surface area (Å²) >= 11 is 32.3. The number of rotatable bonds is 5. The Morgan fingerprint density at radius 2 is 1.86 bits per heavy atom. The third-order valence-electron chi connectivity index (χ3n) is 3.38. The first-order chi connectivity index (χ1) is 13.5. The van der Waals surface area contributed by atoms with Crippen LogP contribution in [0.1, 0.15) is 10.4 Å². The van der Waals surface area contributed by atoms with Gasteiger partial charge in [-0.25, -0.2) is 0 Å². The molecule has 0 saturated heterocycles. The van der Waals surface area contributed by atoms with Gasteiger partial charge >= 0.3 is 0 Å². The van der Waals surface area contributed by atoms with Crippen molar-refractivity contribution in [3.63, 3.8) is 0 Å². The second kappa shape index (κ2) is 10.1. The van der Waals surface area contributed by atoms with E-state index in [1.54, 1.807) is 24.3 Å². The van der Waals surface area contributed by atoms with Crippen LogP contribution in [0.15, 0.2) is 46.9 Å². The predicted molar refractivity (Wildman–Crippen MR) is 123 cm³/mol. The predicted octanol–water partition coefficient (Wildman–Crippen LogP) is 5.42. The van der Waals surface area contributed by atoms with E-state index in [0.29, 0.717) is 10.0 Å². The normalized spacial score (nSPS) is 12.0. The molecule has 2 aromatic rings. The molecule has 0 spiro atoms. The third kappa shape index (κ3) is 7.13. The highest BCUT2D eigenvalue weighted by atomic mass is 79.9. The van der Waals surface area contributed by atoms with Gasteiger partial charge in [0.05, 0.1) is 15.6 Å². The summed E-state index contributed by atoms with van der Waals surface area (Å²) in [6, 6.07) is 10.4. The Morgan fingerprint density at radius 1 is 1.17 bits per heavy atom. The van der Waals surface area contributed by atoms with Gasteiger partial charge in [-0.2, -0.15) is 0 Å². The molecule has 0 aliphatic rings. The first-order valence-corrected chi connectivity index (χ1v) is 10.3. The quantitative estimate of drug-likeness (QED) is 0.148. The summed E-state index contributed by atoms with van der Waals surface area (Å²) in [5.41, 5.74) is 0.439. The number of thiocarbonyl (C=S) groups is 1. The zero-order valence-electron chi connectivity index (χ0n) is 14.1. The molecule has 1 atom stereocenters. The molecule has 3 N–H and O–H groups in total. The molecule has 0 radical (unpaired) electrons.